The fourth-order valence-electron chi connectivity index (χ4n) is 7.95. The third-order valence-electron chi connectivity index (χ3n) is 10.8. The average Bonchev–Trinajstić information content (AvgIpc) is 3.07. The fourth-order valence-corrected chi connectivity index (χ4v) is 7.95. The van der Waals surface area contributed by atoms with E-state index in [2.05, 4.69) is 13.0 Å². The molecule has 45 heavy (non-hydrogen) atoms. The van der Waals surface area contributed by atoms with Gasteiger partial charge in [0.05, 0.1) is 6.61 Å². The summed E-state index contributed by atoms with van der Waals surface area (Å²) < 4.78 is 50.3. The highest BCUT2D eigenvalue weighted by atomic mass is 19.2. The largest absolute Gasteiger partial charge is 0.490 e. The van der Waals surface area contributed by atoms with Crippen LogP contribution in [0.1, 0.15) is 128 Å². The Bertz CT molecular complexity index is 1330. The molecule has 1 nitrogen and oxygen atoms in total. The fraction of sp³-hybridized carbons (Fsp3) is 0.561. The van der Waals surface area contributed by atoms with Crippen LogP contribution in [0.25, 0.3) is 22.3 Å². The van der Waals surface area contributed by atoms with Gasteiger partial charge in [0.1, 0.15) is 5.82 Å². The summed E-state index contributed by atoms with van der Waals surface area (Å²) in [6.45, 7) is 4.65. The normalized spacial score (nSPS) is 22.0. The molecule has 0 aromatic heterocycles. The van der Waals surface area contributed by atoms with Crippen molar-refractivity contribution in [2.45, 2.75) is 122 Å². The van der Waals surface area contributed by atoms with Crippen LogP contribution in [-0.2, 0) is 0 Å². The van der Waals surface area contributed by atoms with Crippen LogP contribution in [0, 0.1) is 35.2 Å². The molecule has 0 spiro atoms. The van der Waals surface area contributed by atoms with Crippen molar-refractivity contribution in [2.24, 2.45) is 17.8 Å². The maximum absolute atomic E-state index is 15.4. The van der Waals surface area contributed by atoms with Crippen molar-refractivity contribution in [1.82, 2.24) is 0 Å². The molecule has 0 bridgehead atoms. The molecule has 0 aliphatic heterocycles. The predicted molar refractivity (Wildman–Crippen MR) is 181 cm³/mol. The maximum atomic E-state index is 15.4. The molecule has 0 atom stereocenters. The number of halogens is 3. The molecule has 0 unspecified atom stereocenters. The van der Waals surface area contributed by atoms with Crippen molar-refractivity contribution < 1.29 is 17.9 Å². The third kappa shape index (κ3) is 8.74. The minimum absolute atomic E-state index is 0.0668. The molecule has 3 aromatic rings. The Morgan fingerprint density at radius 1 is 0.600 bits per heavy atom. The van der Waals surface area contributed by atoms with Gasteiger partial charge >= 0.3 is 0 Å². The molecule has 2 fully saturated rings. The average molecular weight is 619 g/mol. The number of benzene rings is 3. The first-order valence-electron chi connectivity index (χ1n) is 18.0. The highest BCUT2D eigenvalue weighted by molar-refractivity contribution is 5.71. The van der Waals surface area contributed by atoms with Crippen LogP contribution in [-0.4, -0.2) is 6.61 Å². The van der Waals surface area contributed by atoms with Crippen LogP contribution in [0.5, 0.6) is 5.75 Å². The monoisotopic (exact) mass is 618 g/mol. The van der Waals surface area contributed by atoms with Crippen molar-refractivity contribution in [3.8, 4) is 28.0 Å². The molecule has 0 saturated heterocycles. The van der Waals surface area contributed by atoms with E-state index in [1.54, 1.807) is 36.4 Å². The van der Waals surface area contributed by atoms with Crippen LogP contribution >= 0.6 is 0 Å². The van der Waals surface area contributed by atoms with Crippen molar-refractivity contribution in [3.05, 3.63) is 77.6 Å². The molecule has 0 radical (unpaired) electrons. The summed E-state index contributed by atoms with van der Waals surface area (Å²) in [6, 6.07) is 15.7. The van der Waals surface area contributed by atoms with Gasteiger partial charge in [0.2, 0.25) is 5.82 Å². The van der Waals surface area contributed by atoms with Crippen molar-refractivity contribution in [3.63, 3.8) is 0 Å². The Morgan fingerprint density at radius 3 is 1.84 bits per heavy atom. The lowest BCUT2D eigenvalue weighted by Crippen LogP contribution is -2.25. The Labute approximate surface area is 270 Å². The smallest absolute Gasteiger partial charge is 0.201 e. The Kier molecular flexibility index (Phi) is 12.5. The highest BCUT2D eigenvalue weighted by Gasteiger charge is 2.31. The molecule has 2 aliphatic rings. The van der Waals surface area contributed by atoms with E-state index in [9.17, 15) is 8.78 Å². The number of ether oxygens (including phenoxy) is 1. The highest BCUT2D eigenvalue weighted by Crippen LogP contribution is 2.45. The molecule has 0 N–H and O–H groups in total. The molecule has 2 saturated carbocycles. The summed E-state index contributed by atoms with van der Waals surface area (Å²) in [4.78, 5) is 0. The first kappa shape index (κ1) is 33.6. The summed E-state index contributed by atoms with van der Waals surface area (Å²) in [5, 5.41) is 0. The maximum Gasteiger partial charge on any atom is 0.201 e. The lowest BCUT2D eigenvalue weighted by Gasteiger charge is -2.38. The standard InChI is InChI=1S/C41H53F3O/c1-3-5-7-8-9-10-29-11-13-30(14-12-29)31-15-17-32(18-16-31)35-23-24-36(38(42)28-35)33-19-21-34(22-20-33)37-25-26-39(41(44)40(37)43)45-27-6-4-2/h19-26,28-32H,3-18,27H2,1-2H3. The van der Waals surface area contributed by atoms with E-state index in [0.717, 1.165) is 54.6 Å². The molecule has 2 aliphatic carbocycles. The van der Waals surface area contributed by atoms with Gasteiger partial charge < -0.3 is 4.74 Å². The minimum atomic E-state index is -0.973. The van der Waals surface area contributed by atoms with E-state index >= 15 is 4.39 Å². The molecule has 0 heterocycles. The molecule has 0 amide bonds. The second-order valence-corrected chi connectivity index (χ2v) is 13.9. The molecule has 244 valence electrons. The van der Waals surface area contributed by atoms with Gasteiger partial charge in [0.15, 0.2) is 11.6 Å². The second kappa shape index (κ2) is 16.7. The van der Waals surface area contributed by atoms with Crippen molar-refractivity contribution in [1.29, 1.82) is 0 Å². The molecular weight excluding hydrogens is 565 g/mol. The zero-order valence-electron chi connectivity index (χ0n) is 27.6. The van der Waals surface area contributed by atoms with E-state index < -0.39 is 11.6 Å². The number of unbranched alkanes of at least 4 members (excludes halogenated alkanes) is 5. The molecule has 5 rings (SSSR count). The Balaban J connectivity index is 1.13. The van der Waals surface area contributed by atoms with Gasteiger partial charge in [0.25, 0.3) is 0 Å². The summed E-state index contributed by atoms with van der Waals surface area (Å²) in [5.74, 6) is 0.941. The predicted octanol–water partition coefficient (Wildman–Crippen LogP) is 13.1. The van der Waals surface area contributed by atoms with Crippen molar-refractivity contribution in [2.75, 3.05) is 6.61 Å². The van der Waals surface area contributed by atoms with E-state index in [1.807, 2.05) is 13.0 Å². The van der Waals surface area contributed by atoms with Crippen LogP contribution in [0.15, 0.2) is 54.6 Å². The molecule has 3 aromatic carbocycles. The molecular formula is C41H53F3O. The zero-order valence-corrected chi connectivity index (χ0v) is 27.6. The van der Waals surface area contributed by atoms with Gasteiger partial charge in [-0.2, -0.15) is 4.39 Å². The summed E-state index contributed by atoms with van der Waals surface area (Å²) >= 11 is 0. The zero-order chi connectivity index (χ0) is 31.6. The van der Waals surface area contributed by atoms with Gasteiger partial charge in [-0.25, -0.2) is 8.78 Å². The second-order valence-electron chi connectivity index (χ2n) is 13.9. The van der Waals surface area contributed by atoms with Gasteiger partial charge in [-0.15, -0.1) is 0 Å². The third-order valence-corrected chi connectivity index (χ3v) is 10.8. The van der Waals surface area contributed by atoms with Gasteiger partial charge in [0, 0.05) is 11.1 Å². The molecule has 4 heteroatoms. The quantitative estimate of drug-likeness (QED) is 0.163. The van der Waals surface area contributed by atoms with Gasteiger partial charge in [-0.3, -0.25) is 0 Å². The topological polar surface area (TPSA) is 9.23 Å². The van der Waals surface area contributed by atoms with Gasteiger partial charge in [-0.1, -0.05) is 108 Å². The van der Waals surface area contributed by atoms with E-state index in [1.165, 1.54) is 83.1 Å². The first-order chi connectivity index (χ1) is 22.0. The van der Waals surface area contributed by atoms with E-state index in [0.29, 0.717) is 23.7 Å². The Hall–Kier alpha value is -2.75. The summed E-state index contributed by atoms with van der Waals surface area (Å²) in [5.41, 5.74) is 3.08. The number of rotatable bonds is 14. The Morgan fingerprint density at radius 2 is 1.20 bits per heavy atom. The van der Waals surface area contributed by atoms with Crippen LogP contribution in [0.3, 0.4) is 0 Å². The van der Waals surface area contributed by atoms with E-state index in [4.69, 9.17) is 4.74 Å². The van der Waals surface area contributed by atoms with Crippen LogP contribution in [0.4, 0.5) is 13.2 Å². The lowest BCUT2D eigenvalue weighted by molar-refractivity contribution is 0.155. The summed E-state index contributed by atoms with van der Waals surface area (Å²) in [7, 11) is 0. The van der Waals surface area contributed by atoms with E-state index in [-0.39, 0.29) is 17.1 Å². The van der Waals surface area contributed by atoms with Crippen LogP contribution < -0.4 is 4.74 Å². The van der Waals surface area contributed by atoms with Crippen molar-refractivity contribution >= 4 is 0 Å². The lowest BCUT2D eigenvalue weighted by atomic mass is 9.68. The summed E-state index contributed by atoms with van der Waals surface area (Å²) in [6.07, 6.45) is 20.6. The number of hydrogen-bond acceptors (Lipinski definition) is 1. The minimum Gasteiger partial charge on any atom is -0.490 e. The number of hydrogen-bond donors (Lipinski definition) is 0. The van der Waals surface area contributed by atoms with Crippen LogP contribution in [0.2, 0.25) is 0 Å². The first-order valence-corrected chi connectivity index (χ1v) is 18.0. The SMILES string of the molecule is CCCCCCCC1CCC(C2CCC(c3ccc(-c4ccc(-c5ccc(OCCCC)c(F)c5F)cc4)c(F)c3)CC2)CC1. The van der Waals surface area contributed by atoms with Gasteiger partial charge in [-0.05, 0) is 104 Å².